The topological polar surface area (TPSA) is 92.5 Å². The van der Waals surface area contributed by atoms with Crippen LogP contribution in [0.2, 0.25) is 0 Å². The first-order valence-electron chi connectivity index (χ1n) is 7.97. The molecule has 2 fully saturated rings. The first-order valence-corrected chi connectivity index (χ1v) is 9.41. The first kappa shape index (κ1) is 16.4. The van der Waals surface area contributed by atoms with Crippen LogP contribution in [0, 0.1) is 16.0 Å². The van der Waals surface area contributed by atoms with Gasteiger partial charge in [0.05, 0.1) is 4.92 Å². The highest BCUT2D eigenvalue weighted by Crippen LogP contribution is 2.33. The van der Waals surface area contributed by atoms with Gasteiger partial charge in [0.1, 0.15) is 0 Å². The zero-order chi connectivity index (χ0) is 16.4. The van der Waals surface area contributed by atoms with Crippen LogP contribution in [0.3, 0.4) is 0 Å². The minimum absolute atomic E-state index is 0.211. The fraction of sp³-hybridized carbons (Fsp3) is 0.600. The van der Waals surface area contributed by atoms with Gasteiger partial charge in [-0.25, -0.2) is 8.42 Å². The van der Waals surface area contributed by atoms with Crippen LogP contribution < -0.4 is 5.32 Å². The molecule has 2 aliphatic rings. The average molecular weight is 339 g/mol. The van der Waals surface area contributed by atoms with E-state index in [1.807, 2.05) is 0 Å². The van der Waals surface area contributed by atoms with E-state index >= 15 is 0 Å². The molecule has 0 aromatic heterocycles. The van der Waals surface area contributed by atoms with Gasteiger partial charge < -0.3 is 5.32 Å². The SMILES string of the molecule is O=[N+]([O-])c1ccccc1S(=O)(=O)N1CC(C2CCCCCN2)C1. The fourth-order valence-electron chi connectivity index (χ4n) is 3.34. The number of hydrogen-bond donors (Lipinski definition) is 1. The van der Waals surface area contributed by atoms with Gasteiger partial charge >= 0.3 is 0 Å². The average Bonchev–Trinajstić information content (AvgIpc) is 2.74. The molecule has 7 nitrogen and oxygen atoms in total. The molecule has 0 saturated carbocycles. The summed E-state index contributed by atoms with van der Waals surface area (Å²) in [6.07, 6.45) is 4.63. The molecule has 1 aromatic carbocycles. The van der Waals surface area contributed by atoms with Gasteiger partial charge in [-0.2, -0.15) is 4.31 Å². The molecule has 0 aliphatic carbocycles. The van der Waals surface area contributed by atoms with Crippen LogP contribution in [-0.2, 0) is 10.0 Å². The Morgan fingerprint density at radius 2 is 1.91 bits per heavy atom. The maximum Gasteiger partial charge on any atom is 0.289 e. The second kappa shape index (κ2) is 6.54. The highest BCUT2D eigenvalue weighted by molar-refractivity contribution is 7.89. The predicted molar refractivity (Wildman–Crippen MR) is 85.6 cm³/mol. The number of nitrogens with one attached hydrogen (secondary N) is 1. The highest BCUT2D eigenvalue weighted by Gasteiger charge is 2.42. The van der Waals surface area contributed by atoms with Crippen LogP contribution in [0.4, 0.5) is 5.69 Å². The van der Waals surface area contributed by atoms with Gasteiger partial charge in [0.25, 0.3) is 5.69 Å². The highest BCUT2D eigenvalue weighted by atomic mass is 32.2. The van der Waals surface area contributed by atoms with E-state index in [2.05, 4.69) is 5.32 Å². The van der Waals surface area contributed by atoms with Crippen molar-refractivity contribution in [2.24, 2.45) is 5.92 Å². The van der Waals surface area contributed by atoms with E-state index in [1.54, 1.807) is 0 Å². The molecule has 2 aliphatic heterocycles. The Labute approximate surface area is 135 Å². The molecule has 0 amide bonds. The molecule has 126 valence electrons. The number of para-hydroxylation sites is 1. The zero-order valence-corrected chi connectivity index (χ0v) is 13.7. The lowest BCUT2D eigenvalue weighted by Crippen LogP contribution is -2.57. The zero-order valence-electron chi connectivity index (χ0n) is 12.8. The van der Waals surface area contributed by atoms with Crippen molar-refractivity contribution >= 4 is 15.7 Å². The van der Waals surface area contributed by atoms with Crippen LogP contribution in [0.25, 0.3) is 0 Å². The molecule has 2 heterocycles. The third-order valence-electron chi connectivity index (χ3n) is 4.72. The van der Waals surface area contributed by atoms with Crippen molar-refractivity contribution in [3.05, 3.63) is 34.4 Å². The molecular formula is C15H21N3O4S. The number of benzene rings is 1. The third-order valence-corrected chi connectivity index (χ3v) is 6.60. The molecule has 23 heavy (non-hydrogen) atoms. The smallest absolute Gasteiger partial charge is 0.289 e. The van der Waals surface area contributed by atoms with Crippen LogP contribution >= 0.6 is 0 Å². The Kier molecular flexibility index (Phi) is 4.65. The Hall–Kier alpha value is -1.51. The van der Waals surface area contributed by atoms with E-state index in [0.29, 0.717) is 25.0 Å². The largest absolute Gasteiger partial charge is 0.314 e. The maximum atomic E-state index is 12.6. The molecule has 1 aromatic rings. The molecule has 0 bridgehead atoms. The van der Waals surface area contributed by atoms with Crippen LogP contribution in [-0.4, -0.2) is 43.3 Å². The van der Waals surface area contributed by atoms with E-state index in [9.17, 15) is 18.5 Å². The predicted octanol–water partition coefficient (Wildman–Crippen LogP) is 1.75. The number of nitrogens with zero attached hydrogens (tertiary/aromatic N) is 2. The Balaban J connectivity index is 1.72. The summed E-state index contributed by atoms with van der Waals surface area (Å²) in [7, 11) is -3.79. The van der Waals surface area contributed by atoms with E-state index in [4.69, 9.17) is 0 Å². The normalized spacial score (nSPS) is 23.9. The van der Waals surface area contributed by atoms with Gasteiger partial charge in [0.2, 0.25) is 10.0 Å². The minimum Gasteiger partial charge on any atom is -0.314 e. The van der Waals surface area contributed by atoms with E-state index < -0.39 is 14.9 Å². The number of rotatable bonds is 4. The van der Waals surface area contributed by atoms with Crippen molar-refractivity contribution in [1.29, 1.82) is 0 Å². The minimum atomic E-state index is -3.79. The Morgan fingerprint density at radius 3 is 2.65 bits per heavy atom. The molecule has 8 heteroatoms. The second-order valence-electron chi connectivity index (χ2n) is 6.22. The number of hydrogen-bond acceptors (Lipinski definition) is 5. The maximum absolute atomic E-state index is 12.6. The lowest BCUT2D eigenvalue weighted by molar-refractivity contribution is -0.387. The van der Waals surface area contributed by atoms with E-state index in [0.717, 1.165) is 13.0 Å². The van der Waals surface area contributed by atoms with Crippen LogP contribution in [0.1, 0.15) is 25.7 Å². The van der Waals surface area contributed by atoms with Gasteiger partial charge in [-0.3, -0.25) is 10.1 Å². The van der Waals surface area contributed by atoms with Gasteiger partial charge in [-0.05, 0) is 25.5 Å². The van der Waals surface area contributed by atoms with Crippen molar-refractivity contribution in [2.45, 2.75) is 36.6 Å². The summed E-state index contributed by atoms with van der Waals surface area (Å²) >= 11 is 0. The van der Waals surface area contributed by atoms with Crippen molar-refractivity contribution in [2.75, 3.05) is 19.6 Å². The summed E-state index contributed by atoms with van der Waals surface area (Å²) in [6, 6.07) is 5.90. The third kappa shape index (κ3) is 3.24. The van der Waals surface area contributed by atoms with Crippen molar-refractivity contribution < 1.29 is 13.3 Å². The quantitative estimate of drug-likeness (QED) is 0.666. The molecule has 2 saturated heterocycles. The summed E-state index contributed by atoms with van der Waals surface area (Å²) in [6.45, 7) is 1.86. The van der Waals surface area contributed by atoms with E-state index in [1.165, 1.54) is 47.8 Å². The Morgan fingerprint density at radius 1 is 1.17 bits per heavy atom. The molecule has 1 unspecified atom stereocenters. The standard InChI is InChI=1S/C15H21N3O4S/c19-18(20)14-7-3-4-8-15(14)23(21,22)17-10-12(11-17)13-6-2-1-5-9-16-13/h3-4,7-8,12-13,16H,1-2,5-6,9-11H2. The molecule has 3 rings (SSSR count). The van der Waals surface area contributed by atoms with Gasteiger partial charge in [-0.15, -0.1) is 0 Å². The van der Waals surface area contributed by atoms with Crippen molar-refractivity contribution in [3.8, 4) is 0 Å². The lowest BCUT2D eigenvalue weighted by Gasteiger charge is -2.42. The summed E-state index contributed by atoms with van der Waals surface area (Å²) < 4.78 is 26.6. The summed E-state index contributed by atoms with van der Waals surface area (Å²) in [5.74, 6) is 0.297. The van der Waals surface area contributed by atoms with Crippen LogP contribution in [0.5, 0.6) is 0 Å². The molecule has 1 N–H and O–H groups in total. The molecule has 0 radical (unpaired) electrons. The monoisotopic (exact) mass is 339 g/mol. The molecule has 0 spiro atoms. The molecule has 1 atom stereocenters. The fourth-order valence-corrected chi connectivity index (χ4v) is 5.05. The van der Waals surface area contributed by atoms with Gasteiger partial charge in [0, 0.05) is 31.1 Å². The lowest BCUT2D eigenvalue weighted by atomic mass is 9.91. The Bertz CT molecular complexity index is 678. The number of nitro groups is 1. The van der Waals surface area contributed by atoms with Crippen LogP contribution in [0.15, 0.2) is 29.2 Å². The van der Waals surface area contributed by atoms with E-state index in [-0.39, 0.29) is 10.6 Å². The molecular weight excluding hydrogens is 318 g/mol. The first-order chi connectivity index (χ1) is 11.0. The summed E-state index contributed by atoms with van der Waals surface area (Å²) in [4.78, 5) is 10.2. The van der Waals surface area contributed by atoms with Crippen molar-refractivity contribution in [1.82, 2.24) is 9.62 Å². The summed E-state index contributed by atoms with van der Waals surface area (Å²) in [5, 5.41) is 14.6. The number of nitro benzene ring substituents is 1. The second-order valence-corrected chi connectivity index (χ2v) is 8.12. The van der Waals surface area contributed by atoms with Crippen molar-refractivity contribution in [3.63, 3.8) is 0 Å². The summed E-state index contributed by atoms with van der Waals surface area (Å²) in [5.41, 5.74) is -0.358. The number of sulfonamides is 1. The van der Waals surface area contributed by atoms with Gasteiger partial charge in [0.15, 0.2) is 4.90 Å². The van der Waals surface area contributed by atoms with Gasteiger partial charge in [-0.1, -0.05) is 25.0 Å².